The summed E-state index contributed by atoms with van der Waals surface area (Å²) in [7, 11) is 0. The van der Waals surface area contributed by atoms with Gasteiger partial charge in [0.15, 0.2) is 0 Å². The number of halogens is 1. The van der Waals surface area contributed by atoms with Crippen molar-refractivity contribution in [1.82, 2.24) is 4.68 Å². The number of phenolic OH excluding ortho intramolecular Hbond substituents is 1. The van der Waals surface area contributed by atoms with Gasteiger partial charge in [0, 0.05) is 27.6 Å². The molecule has 0 spiro atoms. The number of hydrogen-bond donors (Lipinski definition) is 1. The summed E-state index contributed by atoms with van der Waals surface area (Å²) in [6.07, 6.45) is 3.01. The second-order valence-corrected chi connectivity index (χ2v) is 8.01. The number of nitro benzene ring substituents is 1. The summed E-state index contributed by atoms with van der Waals surface area (Å²) < 4.78 is 1.64. The molecule has 4 rings (SSSR count). The molecule has 9 heteroatoms. The van der Waals surface area contributed by atoms with Crippen LogP contribution in [0.2, 0.25) is 5.02 Å². The van der Waals surface area contributed by atoms with Crippen molar-refractivity contribution in [3.8, 4) is 17.0 Å². The molecule has 0 amide bonds. The maximum atomic E-state index is 11.2. The minimum absolute atomic E-state index is 0.122. The van der Waals surface area contributed by atoms with E-state index in [1.807, 2.05) is 47.8 Å². The number of aromatic nitrogens is 1. The molecule has 0 saturated heterocycles. The Bertz CT molecular complexity index is 1430. The van der Waals surface area contributed by atoms with Gasteiger partial charge in [-0.2, -0.15) is 5.10 Å². The maximum absolute atomic E-state index is 11.2. The van der Waals surface area contributed by atoms with Crippen molar-refractivity contribution in [2.45, 2.75) is 0 Å². The zero-order valence-electron chi connectivity index (χ0n) is 16.7. The lowest BCUT2D eigenvalue weighted by Crippen LogP contribution is -2.12. The molecule has 0 unspecified atom stereocenters. The lowest BCUT2D eigenvalue weighted by atomic mass is 10.0. The second-order valence-electron chi connectivity index (χ2n) is 6.74. The van der Waals surface area contributed by atoms with Crippen molar-refractivity contribution in [2.24, 2.45) is 10.1 Å². The van der Waals surface area contributed by atoms with Crippen LogP contribution >= 0.6 is 22.9 Å². The van der Waals surface area contributed by atoms with Gasteiger partial charge in [0.25, 0.3) is 0 Å². The zero-order chi connectivity index (χ0) is 22.7. The van der Waals surface area contributed by atoms with Crippen molar-refractivity contribution in [1.29, 1.82) is 0 Å². The van der Waals surface area contributed by atoms with Crippen LogP contribution in [0.5, 0.6) is 5.75 Å². The van der Waals surface area contributed by atoms with Gasteiger partial charge in [-0.3, -0.25) is 15.1 Å². The van der Waals surface area contributed by atoms with E-state index in [1.54, 1.807) is 10.8 Å². The SMILES string of the molecule is C=CCN=c1scc(-c2cccc3ccccc23)n1N=Cc1cc(Cl)cc([N+](=O)[O-])c1O. The molecule has 1 N–H and O–H groups in total. The molecule has 7 nitrogen and oxygen atoms in total. The third kappa shape index (κ3) is 4.18. The minimum atomic E-state index is -0.692. The average Bonchev–Trinajstić information content (AvgIpc) is 3.19. The average molecular weight is 465 g/mol. The highest BCUT2D eigenvalue weighted by atomic mass is 35.5. The van der Waals surface area contributed by atoms with Crippen LogP contribution in [0.1, 0.15) is 5.56 Å². The van der Waals surface area contributed by atoms with E-state index >= 15 is 0 Å². The lowest BCUT2D eigenvalue weighted by molar-refractivity contribution is -0.385. The number of rotatable bonds is 6. The van der Waals surface area contributed by atoms with Crippen molar-refractivity contribution in [2.75, 3.05) is 6.54 Å². The predicted octanol–water partition coefficient (Wildman–Crippen LogP) is 5.61. The molecule has 0 saturated carbocycles. The van der Waals surface area contributed by atoms with Crippen LogP contribution in [0.4, 0.5) is 5.69 Å². The van der Waals surface area contributed by atoms with Crippen molar-refractivity contribution in [3.05, 3.63) is 98.1 Å². The Balaban J connectivity index is 1.90. The van der Waals surface area contributed by atoms with Crippen molar-refractivity contribution < 1.29 is 10.0 Å². The second kappa shape index (κ2) is 9.17. The number of aromatic hydroxyl groups is 1. The maximum Gasteiger partial charge on any atom is 0.312 e. The summed E-state index contributed by atoms with van der Waals surface area (Å²) in [4.78, 5) is 15.6. The van der Waals surface area contributed by atoms with E-state index < -0.39 is 16.4 Å². The Kier molecular flexibility index (Phi) is 6.16. The van der Waals surface area contributed by atoms with Crippen LogP contribution in [0.15, 0.2) is 82.7 Å². The van der Waals surface area contributed by atoms with Crippen molar-refractivity contribution >= 4 is 45.6 Å². The Morgan fingerprint density at radius 1 is 1.22 bits per heavy atom. The Hall–Kier alpha value is -3.75. The van der Waals surface area contributed by atoms with Crippen LogP contribution < -0.4 is 4.80 Å². The van der Waals surface area contributed by atoms with Gasteiger partial charge >= 0.3 is 5.69 Å². The van der Waals surface area contributed by atoms with Gasteiger partial charge in [0.05, 0.1) is 23.4 Å². The van der Waals surface area contributed by atoms with E-state index in [-0.39, 0.29) is 10.6 Å². The van der Waals surface area contributed by atoms with Gasteiger partial charge in [-0.25, -0.2) is 4.68 Å². The molecule has 0 atom stereocenters. The molecule has 0 aliphatic carbocycles. The fourth-order valence-electron chi connectivity index (χ4n) is 3.26. The van der Waals surface area contributed by atoms with Gasteiger partial charge in [-0.15, -0.1) is 17.9 Å². The van der Waals surface area contributed by atoms with E-state index in [2.05, 4.69) is 16.7 Å². The zero-order valence-corrected chi connectivity index (χ0v) is 18.3. The van der Waals surface area contributed by atoms with Crippen LogP contribution in [-0.2, 0) is 0 Å². The third-order valence-corrected chi connectivity index (χ3v) is 5.77. The molecule has 3 aromatic carbocycles. The summed E-state index contributed by atoms with van der Waals surface area (Å²) >= 11 is 7.42. The number of nitro groups is 1. The highest BCUT2D eigenvalue weighted by Crippen LogP contribution is 2.33. The van der Waals surface area contributed by atoms with Gasteiger partial charge < -0.3 is 5.11 Å². The molecule has 0 bridgehead atoms. The fourth-order valence-corrected chi connectivity index (χ4v) is 4.32. The van der Waals surface area contributed by atoms with Gasteiger partial charge in [0.2, 0.25) is 10.6 Å². The minimum Gasteiger partial charge on any atom is -0.502 e. The molecule has 0 aliphatic heterocycles. The first kappa shape index (κ1) is 21.5. The third-order valence-electron chi connectivity index (χ3n) is 4.70. The van der Waals surface area contributed by atoms with Crippen LogP contribution in [0, 0.1) is 10.1 Å². The first-order valence-electron chi connectivity index (χ1n) is 9.51. The van der Waals surface area contributed by atoms with Gasteiger partial charge in [0.1, 0.15) is 0 Å². The summed E-state index contributed by atoms with van der Waals surface area (Å²) in [5, 5.41) is 30.2. The molecule has 4 aromatic rings. The number of phenols is 1. The van der Waals surface area contributed by atoms with E-state index in [9.17, 15) is 15.2 Å². The molecular formula is C23H17ClN4O3S. The van der Waals surface area contributed by atoms with Crippen LogP contribution in [0.3, 0.4) is 0 Å². The van der Waals surface area contributed by atoms with Crippen LogP contribution in [0.25, 0.3) is 22.0 Å². The summed E-state index contributed by atoms with van der Waals surface area (Å²) in [6, 6.07) is 16.5. The molecule has 1 aromatic heterocycles. The van der Waals surface area contributed by atoms with E-state index in [0.717, 1.165) is 28.1 Å². The predicted molar refractivity (Wildman–Crippen MR) is 129 cm³/mol. The Morgan fingerprint density at radius 3 is 2.78 bits per heavy atom. The number of thiazole rings is 1. The normalized spacial score (nSPS) is 12.0. The smallest absolute Gasteiger partial charge is 0.312 e. The highest BCUT2D eigenvalue weighted by molar-refractivity contribution is 7.07. The quantitative estimate of drug-likeness (QED) is 0.174. The molecule has 0 aliphatic rings. The first-order chi connectivity index (χ1) is 15.5. The molecular weight excluding hydrogens is 448 g/mol. The summed E-state index contributed by atoms with van der Waals surface area (Å²) in [6.45, 7) is 4.11. The highest BCUT2D eigenvalue weighted by Gasteiger charge is 2.18. The standard InChI is InChI=1S/C23H17ClN4O3S/c1-2-10-25-23-27(26-13-16-11-17(24)12-20(22(16)29)28(30)31)21(14-32-23)19-9-5-7-15-6-3-4-8-18(15)19/h2-9,11-14,29H,1,10H2. The molecule has 32 heavy (non-hydrogen) atoms. The summed E-state index contributed by atoms with van der Waals surface area (Å²) in [5.74, 6) is -0.504. The monoisotopic (exact) mass is 464 g/mol. The van der Waals surface area contributed by atoms with Crippen molar-refractivity contribution in [3.63, 3.8) is 0 Å². The van der Waals surface area contributed by atoms with Gasteiger partial charge in [-0.1, -0.05) is 60.1 Å². The number of benzene rings is 3. The van der Waals surface area contributed by atoms with E-state index in [1.165, 1.54) is 23.6 Å². The van der Waals surface area contributed by atoms with E-state index in [0.29, 0.717) is 11.3 Å². The Labute approximate surface area is 192 Å². The first-order valence-corrected chi connectivity index (χ1v) is 10.8. The number of nitrogens with zero attached hydrogens (tertiary/aromatic N) is 4. The number of hydrogen-bond acceptors (Lipinski definition) is 6. The van der Waals surface area contributed by atoms with E-state index in [4.69, 9.17) is 11.6 Å². The van der Waals surface area contributed by atoms with Gasteiger partial charge in [-0.05, 0) is 16.8 Å². The van der Waals surface area contributed by atoms with Crippen LogP contribution in [-0.4, -0.2) is 27.5 Å². The summed E-state index contributed by atoms with van der Waals surface area (Å²) in [5.41, 5.74) is 1.39. The Morgan fingerprint density at radius 2 is 2.00 bits per heavy atom. The molecule has 160 valence electrons. The lowest BCUT2D eigenvalue weighted by Gasteiger charge is -2.08. The topological polar surface area (TPSA) is 93.0 Å². The molecule has 0 radical (unpaired) electrons. The fraction of sp³-hybridized carbons (Fsp3) is 0.0435. The molecule has 1 heterocycles. The molecule has 0 fully saturated rings. The number of fused-ring (bicyclic) bond motifs is 1. The largest absolute Gasteiger partial charge is 0.502 e.